The van der Waals surface area contributed by atoms with Crippen molar-refractivity contribution in [3.63, 3.8) is 0 Å². The Kier molecular flexibility index (Phi) is 2.90. The van der Waals surface area contributed by atoms with Crippen LogP contribution in [0.4, 0.5) is 14.7 Å². The van der Waals surface area contributed by atoms with Crippen LogP contribution in [-0.4, -0.2) is 27.6 Å². The van der Waals surface area contributed by atoms with Gasteiger partial charge in [0.15, 0.2) is 0 Å². The highest BCUT2D eigenvalue weighted by Gasteiger charge is 2.10. The first-order valence-corrected chi connectivity index (χ1v) is 3.66. The van der Waals surface area contributed by atoms with E-state index in [-0.39, 0.29) is 11.5 Å². The van der Waals surface area contributed by atoms with Crippen molar-refractivity contribution in [1.82, 2.24) is 9.97 Å². The van der Waals surface area contributed by atoms with Gasteiger partial charge in [0.25, 0.3) is 0 Å². The molecule has 1 aromatic heterocycles. The molecule has 0 aliphatic carbocycles. The maximum absolute atomic E-state index is 12.8. The minimum atomic E-state index is -1.17. The number of anilines is 1. The van der Waals surface area contributed by atoms with E-state index >= 15 is 0 Å². The van der Waals surface area contributed by atoms with Gasteiger partial charge in [0.2, 0.25) is 17.8 Å². The predicted octanol–water partition coefficient (Wildman–Crippen LogP) is 0.560. The molecule has 0 amide bonds. The fourth-order valence-corrected chi connectivity index (χ4v) is 0.698. The lowest BCUT2D eigenvalue weighted by Crippen LogP contribution is -2.15. The van der Waals surface area contributed by atoms with Gasteiger partial charge >= 0.3 is 5.97 Å². The van der Waals surface area contributed by atoms with Crippen molar-refractivity contribution >= 4 is 11.9 Å². The van der Waals surface area contributed by atoms with Gasteiger partial charge in [-0.2, -0.15) is 18.7 Å². The molecule has 0 saturated carbocycles. The van der Waals surface area contributed by atoms with Gasteiger partial charge in [0.1, 0.15) is 6.54 Å². The molecule has 14 heavy (non-hydrogen) atoms. The average molecular weight is 203 g/mol. The monoisotopic (exact) mass is 203 g/mol. The van der Waals surface area contributed by atoms with Crippen molar-refractivity contribution in [2.75, 3.05) is 11.9 Å². The highest BCUT2D eigenvalue weighted by molar-refractivity contribution is 5.71. The van der Waals surface area contributed by atoms with E-state index < -0.39 is 24.4 Å². The fraction of sp³-hybridized carbons (Fsp3) is 0.286. The molecule has 0 saturated heterocycles. The molecule has 1 aromatic rings. The quantitative estimate of drug-likeness (QED) is 0.702. The smallest absolute Gasteiger partial charge is 0.322 e. The third-order valence-electron chi connectivity index (χ3n) is 1.42. The number of carboxylic acid groups (broad SMARTS) is 1. The Morgan fingerprint density at radius 3 is 2.36 bits per heavy atom. The van der Waals surface area contributed by atoms with Crippen LogP contribution in [0.3, 0.4) is 0 Å². The van der Waals surface area contributed by atoms with E-state index in [4.69, 9.17) is 5.11 Å². The number of carboxylic acids is 1. The van der Waals surface area contributed by atoms with Crippen LogP contribution < -0.4 is 5.32 Å². The van der Waals surface area contributed by atoms with Crippen molar-refractivity contribution in [3.8, 4) is 0 Å². The summed E-state index contributed by atoms with van der Waals surface area (Å²) in [5.41, 5.74) is -0.300. The maximum Gasteiger partial charge on any atom is 0.322 e. The van der Waals surface area contributed by atoms with Crippen molar-refractivity contribution in [3.05, 3.63) is 17.5 Å². The molecule has 0 aliphatic rings. The van der Waals surface area contributed by atoms with E-state index in [1.165, 1.54) is 6.92 Å². The minimum absolute atomic E-state index is 0.300. The van der Waals surface area contributed by atoms with Crippen LogP contribution in [0.25, 0.3) is 0 Å². The zero-order valence-electron chi connectivity index (χ0n) is 7.21. The molecule has 0 radical (unpaired) electrons. The van der Waals surface area contributed by atoms with Crippen molar-refractivity contribution in [1.29, 1.82) is 0 Å². The van der Waals surface area contributed by atoms with Gasteiger partial charge in [-0.05, 0) is 6.92 Å². The lowest BCUT2D eigenvalue weighted by atomic mass is 10.4. The Morgan fingerprint density at radius 1 is 1.43 bits per heavy atom. The lowest BCUT2D eigenvalue weighted by molar-refractivity contribution is -0.134. The molecule has 0 unspecified atom stereocenters. The van der Waals surface area contributed by atoms with Crippen molar-refractivity contribution < 1.29 is 18.7 Å². The standard InChI is InChI=1S/C7H7F2N3O2/c1-3-5(8)11-7(12-6(3)9)10-2-4(13)14/h2H2,1H3,(H,13,14)(H,10,11,12). The highest BCUT2D eigenvalue weighted by atomic mass is 19.1. The number of nitrogens with one attached hydrogen (secondary N) is 1. The number of halogens is 2. The number of rotatable bonds is 3. The first-order valence-electron chi connectivity index (χ1n) is 3.66. The summed E-state index contributed by atoms with van der Waals surface area (Å²) < 4.78 is 25.6. The van der Waals surface area contributed by atoms with Crippen molar-refractivity contribution in [2.45, 2.75) is 6.92 Å². The van der Waals surface area contributed by atoms with E-state index in [2.05, 4.69) is 15.3 Å². The highest BCUT2D eigenvalue weighted by Crippen LogP contribution is 2.09. The predicted molar refractivity (Wildman–Crippen MR) is 42.8 cm³/mol. The van der Waals surface area contributed by atoms with Gasteiger partial charge in [-0.25, -0.2) is 0 Å². The SMILES string of the molecule is Cc1c(F)nc(NCC(=O)O)nc1F. The third-order valence-corrected chi connectivity index (χ3v) is 1.42. The van der Waals surface area contributed by atoms with Crippen LogP contribution in [0.15, 0.2) is 0 Å². The first-order chi connectivity index (χ1) is 6.50. The molecule has 0 aliphatic heterocycles. The van der Waals surface area contributed by atoms with Gasteiger partial charge in [0, 0.05) is 0 Å². The van der Waals surface area contributed by atoms with Crippen LogP contribution >= 0.6 is 0 Å². The topological polar surface area (TPSA) is 75.1 Å². The molecule has 0 atom stereocenters. The number of nitrogens with zero attached hydrogens (tertiary/aromatic N) is 2. The van der Waals surface area contributed by atoms with Crippen LogP contribution in [0.1, 0.15) is 5.56 Å². The summed E-state index contributed by atoms with van der Waals surface area (Å²) in [6.45, 7) is 0.688. The first kappa shape index (κ1) is 10.3. The Bertz CT molecular complexity index is 347. The Morgan fingerprint density at radius 2 is 1.93 bits per heavy atom. The number of carbonyl (C=O) groups is 1. The van der Waals surface area contributed by atoms with Crippen molar-refractivity contribution in [2.24, 2.45) is 0 Å². The largest absolute Gasteiger partial charge is 0.480 e. The minimum Gasteiger partial charge on any atom is -0.480 e. The van der Waals surface area contributed by atoms with Gasteiger partial charge in [-0.1, -0.05) is 0 Å². The molecule has 0 fully saturated rings. The fourth-order valence-electron chi connectivity index (χ4n) is 0.698. The maximum atomic E-state index is 12.8. The molecule has 0 aromatic carbocycles. The molecule has 0 spiro atoms. The van der Waals surface area contributed by atoms with E-state index in [9.17, 15) is 13.6 Å². The van der Waals surface area contributed by atoms with Crippen LogP contribution in [0, 0.1) is 18.8 Å². The summed E-state index contributed by atoms with van der Waals surface area (Å²) in [6.07, 6.45) is 0. The summed E-state index contributed by atoms with van der Waals surface area (Å²) in [7, 11) is 0. The van der Waals surface area contributed by atoms with Crippen LogP contribution in [0.2, 0.25) is 0 Å². The second-order valence-corrected chi connectivity index (χ2v) is 2.50. The van der Waals surface area contributed by atoms with Crippen LogP contribution in [-0.2, 0) is 4.79 Å². The summed E-state index contributed by atoms with van der Waals surface area (Å²) in [5.74, 6) is -3.57. The second-order valence-electron chi connectivity index (χ2n) is 2.50. The summed E-state index contributed by atoms with van der Waals surface area (Å²) in [4.78, 5) is 16.5. The number of aromatic nitrogens is 2. The summed E-state index contributed by atoms with van der Waals surface area (Å²) >= 11 is 0. The Hall–Kier alpha value is -1.79. The Labute approximate surface area is 77.8 Å². The molecule has 5 nitrogen and oxygen atoms in total. The van der Waals surface area contributed by atoms with Gasteiger partial charge in [0.05, 0.1) is 5.56 Å². The molecule has 0 bridgehead atoms. The number of hydrogen-bond donors (Lipinski definition) is 2. The zero-order chi connectivity index (χ0) is 10.7. The average Bonchev–Trinajstić information content (AvgIpc) is 2.10. The van der Waals surface area contributed by atoms with E-state index in [1.54, 1.807) is 0 Å². The normalized spacial score (nSPS) is 9.93. The van der Waals surface area contributed by atoms with Gasteiger partial charge in [-0.3, -0.25) is 4.79 Å². The second kappa shape index (κ2) is 3.95. The van der Waals surface area contributed by atoms with Gasteiger partial charge in [-0.15, -0.1) is 0 Å². The molecule has 76 valence electrons. The van der Waals surface area contributed by atoms with E-state index in [0.717, 1.165) is 0 Å². The molecule has 1 rings (SSSR count). The molecule has 1 heterocycles. The number of aliphatic carboxylic acids is 1. The molecule has 7 heteroatoms. The lowest BCUT2D eigenvalue weighted by Gasteiger charge is -2.03. The number of hydrogen-bond acceptors (Lipinski definition) is 4. The molecular formula is C7H7F2N3O2. The molecule has 2 N–H and O–H groups in total. The summed E-state index contributed by atoms with van der Waals surface area (Å²) in [6, 6.07) is 0. The van der Waals surface area contributed by atoms with Gasteiger partial charge < -0.3 is 10.4 Å². The van der Waals surface area contributed by atoms with E-state index in [0.29, 0.717) is 0 Å². The summed E-state index contributed by atoms with van der Waals surface area (Å²) in [5, 5.41) is 10.4. The Balaban J connectivity index is 2.84. The van der Waals surface area contributed by atoms with Crippen LogP contribution in [0.5, 0.6) is 0 Å². The van der Waals surface area contributed by atoms with E-state index in [1.807, 2.05) is 0 Å². The zero-order valence-corrected chi connectivity index (χ0v) is 7.21. The molecular weight excluding hydrogens is 196 g/mol. The third kappa shape index (κ3) is 2.35.